The van der Waals surface area contributed by atoms with E-state index in [4.69, 9.17) is 16.3 Å². The summed E-state index contributed by atoms with van der Waals surface area (Å²) in [7, 11) is 3.80. The van der Waals surface area contributed by atoms with E-state index in [0.29, 0.717) is 6.04 Å². The molecule has 0 radical (unpaired) electrons. The van der Waals surface area contributed by atoms with Gasteiger partial charge in [0.1, 0.15) is 5.75 Å². The van der Waals surface area contributed by atoms with E-state index in [-0.39, 0.29) is 0 Å². The van der Waals surface area contributed by atoms with Crippen molar-refractivity contribution in [1.29, 1.82) is 0 Å². The quantitative estimate of drug-likeness (QED) is 0.849. The zero-order valence-electron chi connectivity index (χ0n) is 11.9. The van der Waals surface area contributed by atoms with Crippen LogP contribution in [0.2, 0.25) is 5.02 Å². The lowest BCUT2D eigenvalue weighted by Crippen LogP contribution is -2.32. The molecule has 1 saturated carbocycles. The van der Waals surface area contributed by atoms with Crippen molar-refractivity contribution in [3.63, 3.8) is 0 Å². The Morgan fingerprint density at radius 1 is 1.37 bits per heavy atom. The van der Waals surface area contributed by atoms with Crippen molar-refractivity contribution < 1.29 is 4.74 Å². The third kappa shape index (κ3) is 3.87. The van der Waals surface area contributed by atoms with Gasteiger partial charge >= 0.3 is 0 Å². The molecule has 2 nitrogen and oxygen atoms in total. The van der Waals surface area contributed by atoms with E-state index < -0.39 is 0 Å². The van der Waals surface area contributed by atoms with E-state index in [9.17, 15) is 0 Å². The number of hydrogen-bond donors (Lipinski definition) is 1. The molecule has 1 aliphatic carbocycles. The Bertz CT molecular complexity index is 402. The molecule has 19 heavy (non-hydrogen) atoms. The van der Waals surface area contributed by atoms with Crippen LogP contribution in [0, 0.1) is 5.92 Å². The highest BCUT2D eigenvalue weighted by Gasteiger charge is 2.23. The third-order valence-corrected chi connectivity index (χ3v) is 4.54. The highest BCUT2D eigenvalue weighted by atomic mass is 35.5. The number of aryl methyl sites for hydroxylation is 1. The Morgan fingerprint density at radius 3 is 2.74 bits per heavy atom. The second kappa shape index (κ2) is 7.16. The molecule has 1 fully saturated rings. The summed E-state index contributed by atoms with van der Waals surface area (Å²) in [5, 5.41) is 4.28. The van der Waals surface area contributed by atoms with Crippen LogP contribution in [-0.4, -0.2) is 20.2 Å². The maximum atomic E-state index is 6.08. The first kappa shape index (κ1) is 14.7. The van der Waals surface area contributed by atoms with Crippen molar-refractivity contribution in [2.45, 2.75) is 44.6 Å². The van der Waals surface area contributed by atoms with Gasteiger partial charge in [-0.25, -0.2) is 0 Å². The van der Waals surface area contributed by atoms with Gasteiger partial charge in [0.05, 0.1) is 7.11 Å². The van der Waals surface area contributed by atoms with Gasteiger partial charge in [-0.3, -0.25) is 0 Å². The monoisotopic (exact) mass is 281 g/mol. The van der Waals surface area contributed by atoms with Crippen LogP contribution in [0.25, 0.3) is 0 Å². The predicted molar refractivity (Wildman–Crippen MR) is 81.1 cm³/mol. The maximum Gasteiger partial charge on any atom is 0.122 e. The molecule has 1 aliphatic rings. The highest BCUT2D eigenvalue weighted by Crippen LogP contribution is 2.31. The van der Waals surface area contributed by atoms with Crippen LogP contribution in [-0.2, 0) is 6.42 Å². The Labute approximate surface area is 121 Å². The van der Waals surface area contributed by atoms with Crippen LogP contribution >= 0.6 is 11.6 Å². The molecule has 1 aromatic carbocycles. The van der Waals surface area contributed by atoms with Crippen molar-refractivity contribution in [2.24, 2.45) is 5.92 Å². The van der Waals surface area contributed by atoms with Crippen molar-refractivity contribution >= 4 is 11.6 Å². The molecule has 0 aliphatic heterocycles. The molecule has 0 bridgehead atoms. The second-order valence-corrected chi connectivity index (χ2v) is 5.87. The fourth-order valence-corrected chi connectivity index (χ4v) is 3.42. The molecule has 1 unspecified atom stereocenters. The number of nitrogens with one attached hydrogen (secondary N) is 1. The normalized spacial score (nSPS) is 17.6. The van der Waals surface area contributed by atoms with Gasteiger partial charge < -0.3 is 10.1 Å². The molecule has 0 spiro atoms. The van der Waals surface area contributed by atoms with Gasteiger partial charge in [0, 0.05) is 11.1 Å². The summed E-state index contributed by atoms with van der Waals surface area (Å²) in [4.78, 5) is 0. The summed E-state index contributed by atoms with van der Waals surface area (Å²) >= 11 is 6.08. The smallest absolute Gasteiger partial charge is 0.122 e. The fraction of sp³-hybridized carbons (Fsp3) is 0.625. The molecule has 1 N–H and O–H groups in total. The fourth-order valence-electron chi connectivity index (χ4n) is 3.23. The molecule has 1 aromatic rings. The number of benzene rings is 1. The Hall–Kier alpha value is -0.730. The van der Waals surface area contributed by atoms with E-state index in [1.54, 1.807) is 7.11 Å². The molecule has 0 heterocycles. The number of rotatable bonds is 6. The molecule has 106 valence electrons. The van der Waals surface area contributed by atoms with Gasteiger partial charge in [0.15, 0.2) is 0 Å². The number of halogens is 1. The lowest BCUT2D eigenvalue weighted by molar-refractivity contribution is 0.356. The first-order chi connectivity index (χ1) is 9.24. The Kier molecular flexibility index (Phi) is 5.53. The summed E-state index contributed by atoms with van der Waals surface area (Å²) in [6.07, 6.45) is 7.70. The summed E-state index contributed by atoms with van der Waals surface area (Å²) in [5.41, 5.74) is 1.22. The molecule has 0 aromatic heterocycles. The number of ether oxygens (including phenoxy) is 1. The number of methoxy groups -OCH3 is 1. The van der Waals surface area contributed by atoms with Crippen molar-refractivity contribution in [3.05, 3.63) is 28.8 Å². The van der Waals surface area contributed by atoms with Crippen molar-refractivity contribution in [3.8, 4) is 5.75 Å². The average Bonchev–Trinajstić information content (AvgIpc) is 2.94. The first-order valence-electron chi connectivity index (χ1n) is 7.24. The van der Waals surface area contributed by atoms with E-state index in [1.807, 2.05) is 18.2 Å². The van der Waals surface area contributed by atoms with Gasteiger partial charge in [-0.05, 0) is 62.4 Å². The standard InChI is InChI=1S/C16H24ClNO/c1-18-15(12-5-3-4-6-12)9-7-13-11-14(17)8-10-16(13)19-2/h8,10-12,15,18H,3-7,9H2,1-2H3. The highest BCUT2D eigenvalue weighted by molar-refractivity contribution is 6.30. The summed E-state index contributed by atoms with van der Waals surface area (Å²) < 4.78 is 5.41. The molecular weight excluding hydrogens is 258 g/mol. The minimum Gasteiger partial charge on any atom is -0.496 e. The van der Waals surface area contributed by atoms with Crippen LogP contribution in [0.5, 0.6) is 5.75 Å². The third-order valence-electron chi connectivity index (χ3n) is 4.31. The Balaban J connectivity index is 1.98. The first-order valence-corrected chi connectivity index (χ1v) is 7.62. The van der Waals surface area contributed by atoms with Crippen LogP contribution < -0.4 is 10.1 Å². The zero-order valence-corrected chi connectivity index (χ0v) is 12.7. The Morgan fingerprint density at radius 2 is 2.11 bits per heavy atom. The zero-order chi connectivity index (χ0) is 13.7. The molecule has 1 atom stereocenters. The number of hydrogen-bond acceptors (Lipinski definition) is 2. The van der Waals surface area contributed by atoms with Gasteiger partial charge in [-0.1, -0.05) is 24.4 Å². The maximum absolute atomic E-state index is 6.08. The van der Waals surface area contributed by atoms with Crippen molar-refractivity contribution in [2.75, 3.05) is 14.2 Å². The van der Waals surface area contributed by atoms with Crippen LogP contribution in [0.15, 0.2) is 18.2 Å². The molecule has 0 amide bonds. The topological polar surface area (TPSA) is 21.3 Å². The van der Waals surface area contributed by atoms with Crippen molar-refractivity contribution in [1.82, 2.24) is 5.32 Å². The largest absolute Gasteiger partial charge is 0.496 e. The van der Waals surface area contributed by atoms with E-state index in [0.717, 1.165) is 29.5 Å². The average molecular weight is 282 g/mol. The van der Waals surface area contributed by atoms with Gasteiger partial charge in [-0.2, -0.15) is 0 Å². The van der Waals surface area contributed by atoms with Gasteiger partial charge in [0.25, 0.3) is 0 Å². The molecule has 2 rings (SSSR count). The minimum absolute atomic E-state index is 0.617. The van der Waals surface area contributed by atoms with Gasteiger partial charge in [0.2, 0.25) is 0 Å². The SMILES string of the molecule is CNC(CCc1cc(Cl)ccc1OC)C1CCCC1. The molecule has 3 heteroatoms. The summed E-state index contributed by atoms with van der Waals surface area (Å²) in [6, 6.07) is 6.49. The van der Waals surface area contributed by atoms with E-state index in [2.05, 4.69) is 12.4 Å². The molecule has 0 saturated heterocycles. The second-order valence-electron chi connectivity index (χ2n) is 5.43. The van der Waals surface area contributed by atoms with Crippen LogP contribution in [0.1, 0.15) is 37.7 Å². The van der Waals surface area contributed by atoms with Crippen LogP contribution in [0.3, 0.4) is 0 Å². The van der Waals surface area contributed by atoms with Crippen LogP contribution in [0.4, 0.5) is 0 Å². The predicted octanol–water partition coefficient (Wildman–Crippen LogP) is 4.06. The van der Waals surface area contributed by atoms with E-state index >= 15 is 0 Å². The van der Waals surface area contributed by atoms with Gasteiger partial charge in [-0.15, -0.1) is 0 Å². The summed E-state index contributed by atoms with van der Waals surface area (Å²) in [5.74, 6) is 1.79. The van der Waals surface area contributed by atoms with E-state index in [1.165, 1.54) is 31.2 Å². The minimum atomic E-state index is 0.617. The lowest BCUT2D eigenvalue weighted by Gasteiger charge is -2.23. The lowest BCUT2D eigenvalue weighted by atomic mass is 9.92. The summed E-state index contributed by atoms with van der Waals surface area (Å²) in [6.45, 7) is 0. The molecular formula is C16H24ClNO.